The molecule has 10 rings (SSSR count). The lowest BCUT2D eigenvalue weighted by Crippen LogP contribution is -2.26. The van der Waals surface area contributed by atoms with Gasteiger partial charge in [0.1, 0.15) is 0 Å². The van der Waals surface area contributed by atoms with Crippen molar-refractivity contribution in [1.29, 1.82) is 0 Å². The van der Waals surface area contributed by atoms with Gasteiger partial charge in [-0.05, 0) is 96.4 Å². The number of allylic oxidation sites excluding steroid dienone is 5. The third-order valence-corrected chi connectivity index (χ3v) is 12.2. The summed E-state index contributed by atoms with van der Waals surface area (Å²) in [5, 5.41) is 7.68. The molecule has 3 aliphatic carbocycles. The number of hydrogen-bond acceptors (Lipinski definition) is 2. The number of hydrogen-bond donors (Lipinski definition) is 0. The fourth-order valence-electron chi connectivity index (χ4n) is 9.38. The Labute approximate surface area is 317 Å². The second-order valence-electron chi connectivity index (χ2n) is 16.2. The first-order valence-electron chi connectivity index (χ1n) is 19.1. The van der Waals surface area contributed by atoms with E-state index in [9.17, 15) is 0 Å². The molecule has 0 saturated heterocycles. The highest BCUT2D eigenvalue weighted by Gasteiger charge is 2.44. The van der Waals surface area contributed by atoms with Crippen LogP contribution in [0.1, 0.15) is 68.6 Å². The molecule has 0 spiro atoms. The van der Waals surface area contributed by atoms with Crippen molar-refractivity contribution in [3.05, 3.63) is 190 Å². The molecule has 0 fully saturated rings. The van der Waals surface area contributed by atoms with Crippen molar-refractivity contribution in [1.82, 2.24) is 9.97 Å². The summed E-state index contributed by atoms with van der Waals surface area (Å²) in [4.78, 5) is 11.2. The standard InChI is InChI=1S/C52H42N2/c1-6-7-8-15-32-22-23-33-16-9-12-19-38(33)43(28-32)36-24-26-41-44(30-36)51(2,3)49-47(41)53-50-48(54-49)42-27-25-37(31-45(42)52(50,4)5)46-39-20-13-10-17-34(39)29-35-18-11-14-21-40(35)46/h6-21,23-27,29-31H,1,22,28H2,2-5H3/b8-7-,32-15+. The molecule has 0 radical (unpaired) electrons. The van der Waals surface area contributed by atoms with E-state index < -0.39 is 0 Å². The molecule has 7 aromatic rings. The molecule has 0 aliphatic heterocycles. The Morgan fingerprint density at radius 2 is 1.19 bits per heavy atom. The van der Waals surface area contributed by atoms with Crippen LogP contribution in [0.5, 0.6) is 0 Å². The SMILES string of the molecule is C=C/C=C\C=C1/CC=c2ccccc2=C(c2ccc3c(c2)C(C)(C)c2nc4c(nc2-3)C(C)(C)c2cc(-c3c5ccccc5cc5ccccc35)ccc2-4)C1. The summed E-state index contributed by atoms with van der Waals surface area (Å²) in [5.41, 5.74) is 15.1. The maximum absolute atomic E-state index is 5.59. The molecule has 1 aromatic heterocycles. The average molecular weight is 695 g/mol. The van der Waals surface area contributed by atoms with Gasteiger partial charge in [0.05, 0.1) is 22.8 Å². The predicted octanol–water partition coefficient (Wildman–Crippen LogP) is 11.5. The molecule has 3 aliphatic rings. The van der Waals surface area contributed by atoms with Gasteiger partial charge in [-0.15, -0.1) is 0 Å². The van der Waals surface area contributed by atoms with Crippen LogP contribution < -0.4 is 10.4 Å². The van der Waals surface area contributed by atoms with Crippen LogP contribution in [0.25, 0.3) is 66.8 Å². The molecule has 0 saturated carbocycles. The second kappa shape index (κ2) is 11.9. The van der Waals surface area contributed by atoms with Crippen molar-refractivity contribution in [3.63, 3.8) is 0 Å². The molecule has 0 unspecified atom stereocenters. The molecule has 2 heteroatoms. The first kappa shape index (κ1) is 32.5. The van der Waals surface area contributed by atoms with Crippen molar-refractivity contribution in [2.75, 3.05) is 0 Å². The predicted molar refractivity (Wildman–Crippen MR) is 227 cm³/mol. The van der Waals surface area contributed by atoms with Gasteiger partial charge in [-0.3, -0.25) is 0 Å². The van der Waals surface area contributed by atoms with Gasteiger partial charge in [0, 0.05) is 22.0 Å². The monoisotopic (exact) mass is 694 g/mol. The lowest BCUT2D eigenvalue weighted by atomic mass is 9.83. The summed E-state index contributed by atoms with van der Waals surface area (Å²) >= 11 is 0. The van der Waals surface area contributed by atoms with Crippen molar-refractivity contribution in [2.24, 2.45) is 0 Å². The summed E-state index contributed by atoms with van der Waals surface area (Å²) in [6, 6.07) is 42.7. The molecule has 54 heavy (non-hydrogen) atoms. The highest BCUT2D eigenvalue weighted by Crippen LogP contribution is 2.54. The zero-order chi connectivity index (χ0) is 36.8. The summed E-state index contributed by atoms with van der Waals surface area (Å²) in [7, 11) is 0. The number of nitrogens with zero attached hydrogens (tertiary/aromatic N) is 2. The minimum absolute atomic E-state index is 0.306. The van der Waals surface area contributed by atoms with Gasteiger partial charge in [0.2, 0.25) is 0 Å². The zero-order valence-corrected chi connectivity index (χ0v) is 31.4. The van der Waals surface area contributed by atoms with Crippen LogP contribution in [-0.4, -0.2) is 9.97 Å². The number of aromatic nitrogens is 2. The largest absolute Gasteiger partial charge is 0.248 e. The lowest BCUT2D eigenvalue weighted by molar-refractivity contribution is 0.617. The van der Waals surface area contributed by atoms with Crippen molar-refractivity contribution in [2.45, 2.75) is 51.4 Å². The molecular formula is C52H42N2. The Balaban J connectivity index is 1.10. The average Bonchev–Trinajstić information content (AvgIpc) is 3.43. The van der Waals surface area contributed by atoms with E-state index in [0.717, 1.165) is 35.6 Å². The highest BCUT2D eigenvalue weighted by molar-refractivity contribution is 6.13. The Hall–Kier alpha value is -6.12. The summed E-state index contributed by atoms with van der Waals surface area (Å²) in [6.07, 6.45) is 12.4. The first-order valence-corrected chi connectivity index (χ1v) is 19.1. The molecule has 0 atom stereocenters. The quantitative estimate of drug-likeness (QED) is 0.135. The summed E-state index contributed by atoms with van der Waals surface area (Å²) in [6.45, 7) is 13.1. The molecule has 1 heterocycles. The fourth-order valence-corrected chi connectivity index (χ4v) is 9.38. The minimum Gasteiger partial charge on any atom is -0.248 e. The third kappa shape index (κ3) is 4.79. The number of rotatable bonds is 4. The highest BCUT2D eigenvalue weighted by atomic mass is 14.9. The van der Waals surface area contributed by atoms with E-state index in [4.69, 9.17) is 9.97 Å². The molecule has 6 aromatic carbocycles. The van der Waals surface area contributed by atoms with Crippen molar-refractivity contribution >= 4 is 33.2 Å². The van der Waals surface area contributed by atoms with E-state index in [-0.39, 0.29) is 10.8 Å². The van der Waals surface area contributed by atoms with Crippen LogP contribution in [0, 0.1) is 0 Å². The Morgan fingerprint density at radius 3 is 1.83 bits per heavy atom. The van der Waals surface area contributed by atoms with Gasteiger partial charge in [-0.1, -0.05) is 167 Å². The van der Waals surface area contributed by atoms with Gasteiger partial charge < -0.3 is 0 Å². The van der Waals surface area contributed by atoms with Crippen molar-refractivity contribution in [3.8, 4) is 33.6 Å². The minimum atomic E-state index is -0.310. The van der Waals surface area contributed by atoms with Crippen LogP contribution in [0.2, 0.25) is 0 Å². The third-order valence-electron chi connectivity index (χ3n) is 12.2. The number of benzene rings is 6. The second-order valence-corrected chi connectivity index (χ2v) is 16.2. The van der Waals surface area contributed by atoms with Crippen molar-refractivity contribution < 1.29 is 0 Å². The van der Waals surface area contributed by atoms with Crippen LogP contribution in [0.15, 0.2) is 152 Å². The van der Waals surface area contributed by atoms with Gasteiger partial charge >= 0.3 is 0 Å². The summed E-state index contributed by atoms with van der Waals surface area (Å²) < 4.78 is 0. The lowest BCUT2D eigenvalue weighted by Gasteiger charge is -2.23. The van der Waals surface area contributed by atoms with Gasteiger partial charge in [0.25, 0.3) is 0 Å². The Bertz CT molecular complexity index is 2900. The van der Waals surface area contributed by atoms with Crippen LogP contribution in [-0.2, 0) is 10.8 Å². The Kier molecular flexibility index (Phi) is 7.20. The maximum Gasteiger partial charge on any atom is 0.0933 e. The van der Waals surface area contributed by atoms with Crippen LogP contribution in [0.4, 0.5) is 0 Å². The topological polar surface area (TPSA) is 25.8 Å². The van der Waals surface area contributed by atoms with E-state index in [0.29, 0.717) is 0 Å². The fraction of sp³-hybridized carbons (Fsp3) is 0.154. The molecule has 2 nitrogen and oxygen atoms in total. The van der Waals surface area contributed by atoms with E-state index in [1.165, 1.54) is 82.1 Å². The maximum atomic E-state index is 5.59. The molecule has 0 amide bonds. The van der Waals surface area contributed by atoms with E-state index in [1.54, 1.807) is 0 Å². The Morgan fingerprint density at radius 1 is 0.611 bits per heavy atom. The molecule has 0 N–H and O–H groups in total. The summed E-state index contributed by atoms with van der Waals surface area (Å²) in [5.74, 6) is 0. The van der Waals surface area contributed by atoms with E-state index >= 15 is 0 Å². The smallest absolute Gasteiger partial charge is 0.0933 e. The van der Waals surface area contributed by atoms with E-state index in [2.05, 4.69) is 168 Å². The number of fused-ring (bicyclic) bond motifs is 9. The van der Waals surface area contributed by atoms with Gasteiger partial charge in [-0.2, -0.15) is 0 Å². The van der Waals surface area contributed by atoms with Crippen LogP contribution in [0.3, 0.4) is 0 Å². The van der Waals surface area contributed by atoms with Crippen LogP contribution >= 0.6 is 0 Å². The zero-order valence-electron chi connectivity index (χ0n) is 31.4. The van der Waals surface area contributed by atoms with Gasteiger partial charge in [0.15, 0.2) is 0 Å². The molecule has 260 valence electrons. The normalized spacial score (nSPS) is 16.8. The van der Waals surface area contributed by atoms with Gasteiger partial charge in [-0.25, -0.2) is 9.97 Å². The molecule has 0 bridgehead atoms. The van der Waals surface area contributed by atoms with E-state index in [1.807, 2.05) is 12.2 Å². The molecular weight excluding hydrogens is 653 g/mol. The first-order chi connectivity index (χ1) is 26.2.